The second-order valence-corrected chi connectivity index (χ2v) is 24.3. The minimum atomic E-state index is -0.141. The van der Waals surface area contributed by atoms with Crippen molar-refractivity contribution in [2.75, 3.05) is 0 Å². The van der Waals surface area contributed by atoms with Gasteiger partial charge in [-0.05, 0) is 180 Å². The van der Waals surface area contributed by atoms with E-state index in [9.17, 15) is 0 Å². The zero-order valence-corrected chi connectivity index (χ0v) is 46.6. The Morgan fingerprint density at radius 2 is 0.711 bits per heavy atom. The van der Waals surface area contributed by atoms with E-state index in [0.717, 1.165) is 6.42 Å². The molecule has 0 heteroatoms. The molecule has 0 aliphatic heterocycles. The molecule has 8 aliphatic carbocycles. The molecule has 0 N–H and O–H groups in total. The van der Waals surface area contributed by atoms with Crippen LogP contribution < -0.4 is 0 Å². The third-order valence-corrected chi connectivity index (χ3v) is 19.5. The second-order valence-electron chi connectivity index (χ2n) is 24.3. The molecule has 0 amide bonds. The number of rotatable bonds is 8. The van der Waals surface area contributed by atoms with Crippen molar-refractivity contribution in [3.8, 4) is 89.0 Å². The van der Waals surface area contributed by atoms with Crippen LogP contribution >= 0.6 is 0 Å². The van der Waals surface area contributed by atoms with E-state index in [1.807, 2.05) is 0 Å². The first kappa shape index (κ1) is 47.9. The first-order valence-corrected chi connectivity index (χ1v) is 29.6. The summed E-state index contributed by atoms with van der Waals surface area (Å²) in [5.41, 5.74) is 38.1. The van der Waals surface area contributed by atoms with E-state index in [-0.39, 0.29) is 5.41 Å². The topological polar surface area (TPSA) is 0 Å². The average molecular weight is 1060 g/mol. The largest absolute Gasteiger partial charge is 0.0759 e. The highest BCUT2D eigenvalue weighted by Crippen LogP contribution is 2.53. The van der Waals surface area contributed by atoms with Gasteiger partial charge in [0.25, 0.3) is 0 Å². The maximum atomic E-state index is 2.43. The van der Waals surface area contributed by atoms with Crippen LogP contribution in [0.1, 0.15) is 53.1 Å². The lowest BCUT2D eigenvalue weighted by molar-refractivity contribution is 0.566. The molecular weight excluding hydrogens is 997 g/mol. The first-order chi connectivity index (χ1) is 40.8. The van der Waals surface area contributed by atoms with Crippen molar-refractivity contribution < 1.29 is 0 Å². The predicted octanol–water partition coefficient (Wildman–Crippen LogP) is 21.2. The molecule has 0 nitrogen and oxygen atoms in total. The minimum Gasteiger partial charge on any atom is -0.0759 e. The fraction of sp³-hybridized carbons (Fsp3) is 0.0843. The molecular formula is C83H58. The zero-order valence-electron chi connectivity index (χ0n) is 46.6. The van der Waals surface area contributed by atoms with Crippen molar-refractivity contribution in [3.05, 3.63) is 346 Å². The lowest BCUT2D eigenvalue weighted by Crippen LogP contribution is -2.29. The van der Waals surface area contributed by atoms with Gasteiger partial charge in [0.2, 0.25) is 0 Å². The molecule has 3 atom stereocenters. The lowest BCUT2D eigenvalue weighted by Gasteiger charge is -2.40. The summed E-state index contributed by atoms with van der Waals surface area (Å²) in [7, 11) is 0. The van der Waals surface area contributed by atoms with Crippen LogP contribution in [0.4, 0.5) is 0 Å². The summed E-state index contributed by atoms with van der Waals surface area (Å²) < 4.78 is 0. The highest BCUT2D eigenvalue weighted by atomic mass is 14.4. The summed E-state index contributed by atoms with van der Waals surface area (Å²) in [5, 5.41) is 0. The highest BCUT2D eigenvalue weighted by Gasteiger charge is 2.39. The Bertz CT molecular complexity index is 4610. The summed E-state index contributed by atoms with van der Waals surface area (Å²) in [6.45, 7) is 4.78. The molecule has 0 saturated carbocycles. The van der Waals surface area contributed by atoms with Crippen LogP contribution in [0.3, 0.4) is 0 Å². The van der Waals surface area contributed by atoms with E-state index in [2.05, 4.69) is 299 Å². The van der Waals surface area contributed by atoms with Crippen LogP contribution in [-0.2, 0) is 11.8 Å². The van der Waals surface area contributed by atoms with E-state index in [0.29, 0.717) is 17.8 Å². The summed E-state index contributed by atoms with van der Waals surface area (Å²) in [4.78, 5) is 0. The molecule has 17 rings (SSSR count). The van der Waals surface area contributed by atoms with E-state index in [1.165, 1.54) is 161 Å². The Morgan fingerprint density at radius 3 is 1.24 bits per heavy atom. The van der Waals surface area contributed by atoms with Crippen LogP contribution in [-0.4, -0.2) is 0 Å². The van der Waals surface area contributed by atoms with Crippen LogP contribution in [0.5, 0.6) is 0 Å². The molecule has 0 fully saturated rings. The van der Waals surface area contributed by atoms with Gasteiger partial charge in [0.15, 0.2) is 0 Å². The summed E-state index contributed by atoms with van der Waals surface area (Å²) in [5.74, 6) is 1.17. The van der Waals surface area contributed by atoms with Crippen molar-refractivity contribution in [1.29, 1.82) is 0 Å². The fourth-order valence-corrected chi connectivity index (χ4v) is 15.1. The quantitative estimate of drug-likeness (QED) is 0.142. The molecule has 83 heavy (non-hydrogen) atoms. The molecule has 0 spiro atoms. The normalized spacial score (nSPS) is 19.2. The van der Waals surface area contributed by atoms with Gasteiger partial charge in [-0.25, -0.2) is 0 Å². The van der Waals surface area contributed by atoms with Gasteiger partial charge >= 0.3 is 0 Å². The summed E-state index contributed by atoms with van der Waals surface area (Å²) >= 11 is 0. The van der Waals surface area contributed by atoms with Crippen molar-refractivity contribution in [1.82, 2.24) is 0 Å². The Morgan fingerprint density at radius 1 is 0.313 bits per heavy atom. The van der Waals surface area contributed by atoms with Crippen molar-refractivity contribution in [2.45, 2.75) is 31.6 Å². The Labute approximate surface area is 487 Å². The standard InChI is InChI=1S/C83H58/c1-83(2)77-49-69(59-21-17-55(18-22-59)51-9-13-53(14-10-51)57-25-29-61(30-26-57)71-43-37-67-35-33-63-5-3-7-65-39-47-75(71)81(67)79(63)65)41-45-73(77)74-46-42-70(50-78(74)83)60-23-19-56(20-24-60)52-11-15-54(16-12-52)58-27-31-62(32-28-58)72-44-38-68-36-34-64-6-4-8-66-40-48-76(72)82(68)80(64)66/h3-47,49-50,79-81H,48H2,1-2H3. The van der Waals surface area contributed by atoms with Gasteiger partial charge in [0.1, 0.15) is 0 Å². The lowest BCUT2D eigenvalue weighted by atomic mass is 9.63. The molecule has 390 valence electrons. The average Bonchev–Trinajstić information content (AvgIpc) is 3.33. The smallest absolute Gasteiger partial charge is 0.0345 e. The summed E-state index contributed by atoms with van der Waals surface area (Å²) in [6, 6.07) is 73.5. The highest BCUT2D eigenvalue weighted by molar-refractivity contribution is 5.89. The molecule has 8 aliphatic rings. The van der Waals surface area contributed by atoms with Gasteiger partial charge in [-0.3, -0.25) is 0 Å². The Balaban J connectivity index is 0.557. The van der Waals surface area contributed by atoms with Crippen LogP contribution in [0, 0.1) is 11.8 Å². The van der Waals surface area contributed by atoms with Gasteiger partial charge in [0, 0.05) is 23.2 Å². The van der Waals surface area contributed by atoms with Crippen LogP contribution in [0.25, 0.3) is 101 Å². The van der Waals surface area contributed by atoms with E-state index in [1.54, 1.807) is 0 Å². The maximum absolute atomic E-state index is 2.43. The molecule has 0 radical (unpaired) electrons. The fourth-order valence-electron chi connectivity index (χ4n) is 15.1. The molecule has 0 bridgehead atoms. The number of fused-ring (bicyclic) bond motifs is 3. The van der Waals surface area contributed by atoms with Crippen molar-refractivity contribution in [3.63, 3.8) is 0 Å². The monoisotopic (exact) mass is 1050 g/mol. The van der Waals surface area contributed by atoms with Gasteiger partial charge in [-0.15, -0.1) is 0 Å². The zero-order chi connectivity index (χ0) is 54.9. The minimum absolute atomic E-state index is 0.141. The maximum Gasteiger partial charge on any atom is 0.0345 e. The molecule has 0 aromatic heterocycles. The van der Waals surface area contributed by atoms with Crippen LogP contribution in [0.2, 0.25) is 0 Å². The summed E-state index contributed by atoms with van der Waals surface area (Å²) in [6.07, 6.45) is 35.5. The number of hydrogen-bond donors (Lipinski definition) is 0. The third kappa shape index (κ3) is 7.73. The Kier molecular flexibility index (Phi) is 10.7. The SMILES string of the molecule is CC1(C)c2cc(-c3ccc(-c4ccc(-c5ccc(C6=C7C=CC8=CC=CC9=CC=C(C=C6)C7C89)cc5)cc4)cc3)ccc2-c2ccc(-c3ccc(-c4ccc(-c5ccc(-c6ccc7c8c6CC=C6C=CC=C(C=C7)C68)cc5)cc4)cc3)cc21. The molecule has 0 saturated heterocycles. The van der Waals surface area contributed by atoms with Crippen LogP contribution in [0.15, 0.2) is 313 Å². The molecule has 9 aromatic rings. The van der Waals surface area contributed by atoms with Crippen molar-refractivity contribution >= 4 is 11.6 Å². The molecule has 9 aromatic carbocycles. The van der Waals surface area contributed by atoms with Gasteiger partial charge in [0.05, 0.1) is 0 Å². The van der Waals surface area contributed by atoms with Crippen molar-refractivity contribution in [2.24, 2.45) is 11.8 Å². The van der Waals surface area contributed by atoms with E-state index >= 15 is 0 Å². The predicted molar refractivity (Wildman–Crippen MR) is 348 cm³/mol. The first-order valence-electron chi connectivity index (χ1n) is 29.6. The number of benzene rings is 9. The number of allylic oxidation sites excluding steroid dienone is 21. The molecule has 3 unspecified atom stereocenters. The number of hydrogen-bond acceptors (Lipinski definition) is 0. The second kappa shape index (κ2) is 18.6. The third-order valence-electron chi connectivity index (χ3n) is 19.5. The molecule has 0 heterocycles. The van der Waals surface area contributed by atoms with E-state index in [4.69, 9.17) is 0 Å². The van der Waals surface area contributed by atoms with E-state index < -0.39 is 0 Å². The van der Waals surface area contributed by atoms with Gasteiger partial charge in [-0.1, -0.05) is 287 Å². The van der Waals surface area contributed by atoms with Gasteiger partial charge < -0.3 is 0 Å². The van der Waals surface area contributed by atoms with Gasteiger partial charge in [-0.2, -0.15) is 0 Å². The Hall–Kier alpha value is -9.88.